The molecule has 0 fully saturated rings. The smallest absolute Gasteiger partial charge is 0.255 e. The van der Waals surface area contributed by atoms with Crippen molar-refractivity contribution in [3.05, 3.63) is 65.3 Å². The standard InChI is InChI=1S/C18H15ClN2O2/c1-2-23-15-5-3-4-14(11-15)20-18(22)13-6-8-16-12(10-13)7-9-17(19)21-16/h3-11H,2H2,1H3,(H,20,22). The SMILES string of the molecule is CCOc1cccc(NC(=O)c2ccc3nc(Cl)ccc3c2)c1. The second-order valence-corrected chi connectivity index (χ2v) is 5.34. The Hall–Kier alpha value is -2.59. The van der Waals surface area contributed by atoms with Crippen LogP contribution >= 0.6 is 11.6 Å². The number of fused-ring (bicyclic) bond motifs is 1. The number of pyridine rings is 1. The zero-order valence-electron chi connectivity index (χ0n) is 12.5. The molecule has 0 bridgehead atoms. The van der Waals surface area contributed by atoms with Crippen molar-refractivity contribution in [2.75, 3.05) is 11.9 Å². The summed E-state index contributed by atoms with van der Waals surface area (Å²) in [5.74, 6) is 0.540. The van der Waals surface area contributed by atoms with E-state index in [2.05, 4.69) is 10.3 Å². The van der Waals surface area contributed by atoms with Crippen LogP contribution in [-0.4, -0.2) is 17.5 Å². The maximum absolute atomic E-state index is 12.4. The van der Waals surface area contributed by atoms with Crippen LogP contribution in [0.15, 0.2) is 54.6 Å². The number of carbonyl (C=O) groups is 1. The second kappa shape index (κ2) is 6.67. The highest BCUT2D eigenvalue weighted by Crippen LogP contribution is 2.20. The predicted molar refractivity (Wildman–Crippen MR) is 92.3 cm³/mol. The van der Waals surface area contributed by atoms with Gasteiger partial charge in [-0.15, -0.1) is 0 Å². The van der Waals surface area contributed by atoms with Gasteiger partial charge in [-0.3, -0.25) is 4.79 Å². The molecule has 3 rings (SSSR count). The number of hydrogen-bond acceptors (Lipinski definition) is 3. The summed E-state index contributed by atoms with van der Waals surface area (Å²) in [4.78, 5) is 16.6. The molecule has 0 aliphatic heterocycles. The van der Waals surface area contributed by atoms with E-state index in [9.17, 15) is 4.79 Å². The zero-order valence-corrected chi connectivity index (χ0v) is 13.3. The molecule has 0 spiro atoms. The maximum atomic E-state index is 12.4. The highest BCUT2D eigenvalue weighted by molar-refractivity contribution is 6.29. The Morgan fingerprint density at radius 3 is 2.87 bits per heavy atom. The van der Waals surface area contributed by atoms with Crippen molar-refractivity contribution in [2.24, 2.45) is 0 Å². The average molecular weight is 327 g/mol. The normalized spacial score (nSPS) is 10.5. The van der Waals surface area contributed by atoms with Gasteiger partial charge in [-0.25, -0.2) is 4.98 Å². The van der Waals surface area contributed by atoms with Gasteiger partial charge in [0.1, 0.15) is 10.9 Å². The van der Waals surface area contributed by atoms with Gasteiger partial charge < -0.3 is 10.1 Å². The molecular weight excluding hydrogens is 312 g/mol. The number of amides is 1. The van der Waals surface area contributed by atoms with Crippen LogP contribution in [0.2, 0.25) is 5.15 Å². The van der Waals surface area contributed by atoms with E-state index in [1.165, 1.54) is 0 Å². The van der Waals surface area contributed by atoms with Gasteiger partial charge in [0.2, 0.25) is 0 Å². The lowest BCUT2D eigenvalue weighted by Crippen LogP contribution is -2.11. The topological polar surface area (TPSA) is 51.2 Å². The Morgan fingerprint density at radius 2 is 2.04 bits per heavy atom. The van der Waals surface area contributed by atoms with E-state index in [0.717, 1.165) is 16.7 Å². The average Bonchev–Trinajstić information content (AvgIpc) is 2.55. The first-order valence-electron chi connectivity index (χ1n) is 7.26. The van der Waals surface area contributed by atoms with Gasteiger partial charge in [0.05, 0.1) is 12.1 Å². The number of carbonyl (C=O) groups excluding carboxylic acids is 1. The van der Waals surface area contributed by atoms with Crippen LogP contribution in [0.3, 0.4) is 0 Å². The number of halogens is 1. The summed E-state index contributed by atoms with van der Waals surface area (Å²) in [5, 5.41) is 4.17. The number of benzene rings is 2. The van der Waals surface area contributed by atoms with Gasteiger partial charge in [-0.2, -0.15) is 0 Å². The van der Waals surface area contributed by atoms with E-state index in [1.807, 2.05) is 31.2 Å². The lowest BCUT2D eigenvalue weighted by Gasteiger charge is -2.08. The molecule has 0 saturated carbocycles. The molecule has 1 heterocycles. The van der Waals surface area contributed by atoms with Crippen LogP contribution in [0.1, 0.15) is 17.3 Å². The summed E-state index contributed by atoms with van der Waals surface area (Å²) in [6, 6.07) is 16.2. The Morgan fingerprint density at radius 1 is 1.17 bits per heavy atom. The number of nitrogens with one attached hydrogen (secondary N) is 1. The molecule has 0 aliphatic rings. The fourth-order valence-corrected chi connectivity index (χ4v) is 2.43. The largest absolute Gasteiger partial charge is 0.494 e. The van der Waals surface area contributed by atoms with Gasteiger partial charge in [-0.05, 0) is 49.4 Å². The predicted octanol–water partition coefficient (Wildman–Crippen LogP) is 4.54. The minimum Gasteiger partial charge on any atom is -0.494 e. The minimum absolute atomic E-state index is 0.185. The first-order valence-corrected chi connectivity index (χ1v) is 7.64. The third-order valence-electron chi connectivity index (χ3n) is 3.32. The van der Waals surface area contributed by atoms with Crippen molar-refractivity contribution in [3.63, 3.8) is 0 Å². The van der Waals surface area contributed by atoms with Gasteiger partial charge in [0.15, 0.2) is 0 Å². The van der Waals surface area contributed by atoms with Crippen LogP contribution < -0.4 is 10.1 Å². The number of hydrogen-bond donors (Lipinski definition) is 1. The fourth-order valence-electron chi connectivity index (χ4n) is 2.28. The summed E-state index contributed by atoms with van der Waals surface area (Å²) in [5.41, 5.74) is 2.01. The molecular formula is C18H15ClN2O2. The maximum Gasteiger partial charge on any atom is 0.255 e. The number of rotatable bonds is 4. The Balaban J connectivity index is 1.83. The van der Waals surface area contributed by atoms with Crippen molar-refractivity contribution < 1.29 is 9.53 Å². The van der Waals surface area contributed by atoms with Crippen molar-refractivity contribution in [1.82, 2.24) is 4.98 Å². The van der Waals surface area contributed by atoms with Crippen LogP contribution in [0.25, 0.3) is 10.9 Å². The molecule has 3 aromatic rings. The monoisotopic (exact) mass is 326 g/mol. The summed E-state index contributed by atoms with van der Waals surface area (Å²) >= 11 is 5.87. The number of ether oxygens (including phenoxy) is 1. The van der Waals surface area contributed by atoms with Gasteiger partial charge in [0.25, 0.3) is 5.91 Å². The van der Waals surface area contributed by atoms with Crippen molar-refractivity contribution in [3.8, 4) is 5.75 Å². The molecule has 2 aromatic carbocycles. The summed E-state index contributed by atoms with van der Waals surface area (Å²) in [7, 11) is 0. The Labute approximate surface area is 139 Å². The van der Waals surface area contributed by atoms with Gasteiger partial charge in [-0.1, -0.05) is 17.7 Å². The van der Waals surface area contributed by atoms with Crippen LogP contribution in [0.5, 0.6) is 5.75 Å². The van der Waals surface area contributed by atoms with E-state index in [0.29, 0.717) is 23.0 Å². The van der Waals surface area contributed by atoms with E-state index >= 15 is 0 Å². The van der Waals surface area contributed by atoms with Gasteiger partial charge >= 0.3 is 0 Å². The molecule has 23 heavy (non-hydrogen) atoms. The van der Waals surface area contributed by atoms with E-state index < -0.39 is 0 Å². The quantitative estimate of drug-likeness (QED) is 0.716. The zero-order chi connectivity index (χ0) is 16.2. The molecule has 0 unspecified atom stereocenters. The summed E-state index contributed by atoms with van der Waals surface area (Å²) in [6.45, 7) is 2.50. The highest BCUT2D eigenvalue weighted by Gasteiger charge is 2.08. The van der Waals surface area contributed by atoms with Crippen molar-refractivity contribution in [1.29, 1.82) is 0 Å². The first kappa shape index (κ1) is 15.3. The molecule has 1 aromatic heterocycles. The third-order valence-corrected chi connectivity index (χ3v) is 3.53. The Bertz CT molecular complexity index is 865. The third kappa shape index (κ3) is 3.60. The van der Waals surface area contributed by atoms with Crippen LogP contribution in [0.4, 0.5) is 5.69 Å². The molecule has 0 aliphatic carbocycles. The van der Waals surface area contributed by atoms with Crippen molar-refractivity contribution >= 4 is 34.1 Å². The van der Waals surface area contributed by atoms with Gasteiger partial charge in [0, 0.05) is 22.7 Å². The molecule has 1 N–H and O–H groups in total. The van der Waals surface area contributed by atoms with E-state index in [4.69, 9.17) is 16.3 Å². The molecule has 0 radical (unpaired) electrons. The number of aromatic nitrogens is 1. The van der Waals surface area contributed by atoms with Crippen LogP contribution in [0, 0.1) is 0 Å². The molecule has 116 valence electrons. The minimum atomic E-state index is -0.185. The highest BCUT2D eigenvalue weighted by atomic mass is 35.5. The summed E-state index contributed by atoms with van der Waals surface area (Å²) in [6.07, 6.45) is 0. The lowest BCUT2D eigenvalue weighted by atomic mass is 10.1. The van der Waals surface area contributed by atoms with E-state index in [-0.39, 0.29) is 5.91 Å². The number of nitrogens with zero attached hydrogens (tertiary/aromatic N) is 1. The molecule has 0 atom stereocenters. The fraction of sp³-hybridized carbons (Fsp3) is 0.111. The summed E-state index contributed by atoms with van der Waals surface area (Å²) < 4.78 is 5.43. The number of anilines is 1. The van der Waals surface area contributed by atoms with Crippen LogP contribution in [-0.2, 0) is 0 Å². The Kier molecular flexibility index (Phi) is 4.44. The molecule has 4 nitrogen and oxygen atoms in total. The van der Waals surface area contributed by atoms with E-state index in [1.54, 1.807) is 30.3 Å². The second-order valence-electron chi connectivity index (χ2n) is 4.96. The lowest BCUT2D eigenvalue weighted by molar-refractivity contribution is 0.102. The first-order chi connectivity index (χ1) is 11.2. The molecule has 1 amide bonds. The molecule has 5 heteroatoms. The molecule has 0 saturated heterocycles. The van der Waals surface area contributed by atoms with Crippen molar-refractivity contribution in [2.45, 2.75) is 6.92 Å².